The van der Waals surface area contributed by atoms with Crippen molar-refractivity contribution in [3.8, 4) is 6.07 Å². The summed E-state index contributed by atoms with van der Waals surface area (Å²) >= 11 is 0. The second kappa shape index (κ2) is 8.20. The van der Waals surface area contributed by atoms with Crippen LogP contribution in [0.2, 0.25) is 0 Å². The highest BCUT2D eigenvalue weighted by Gasteiger charge is 2.56. The van der Waals surface area contributed by atoms with E-state index in [1.54, 1.807) is 16.9 Å². The molecule has 4 aliphatic rings. The number of pyridine rings is 1. The molecule has 4 atom stereocenters. The minimum Gasteiger partial charge on any atom is -0.454 e. The van der Waals surface area contributed by atoms with Crippen LogP contribution in [0.25, 0.3) is 10.9 Å². The maximum absolute atomic E-state index is 12.8. The van der Waals surface area contributed by atoms with Gasteiger partial charge < -0.3 is 19.8 Å². The lowest BCUT2D eigenvalue weighted by Gasteiger charge is -2.53. The maximum atomic E-state index is 12.8. The van der Waals surface area contributed by atoms with Crippen LogP contribution in [0.3, 0.4) is 0 Å². The van der Waals surface area contributed by atoms with Crippen molar-refractivity contribution >= 4 is 28.4 Å². The SMILES string of the molecule is CC1(C)CC2(c3ccc(Nc4nn([C@@H]5COCC[C@@H]5C#N)c5cc[nH]c(=O)c45)cc3)CCC1C(=O)O2. The van der Waals surface area contributed by atoms with Gasteiger partial charge in [-0.1, -0.05) is 26.0 Å². The standard InChI is InChI=1S/C27H29N5O4/c1-26(2)15-27(10-7-19(26)25(34)36-27)17-3-5-18(6-4-17)30-23-22-20(8-11-29-24(22)33)32(31-23)21-14-35-12-9-16(21)13-28/h3-6,8,11,16,19,21H,7,9-10,12,14-15H2,1-2H3,(H,29,33)(H,30,31)/t16-,19?,21-,27?/m1/s1. The number of fused-ring (bicyclic) bond motifs is 4. The number of esters is 1. The number of nitriles is 1. The molecule has 186 valence electrons. The van der Waals surface area contributed by atoms with Crippen LogP contribution in [0.15, 0.2) is 41.3 Å². The number of rotatable bonds is 4. The highest BCUT2D eigenvalue weighted by atomic mass is 16.6. The minimum atomic E-state index is -0.591. The fourth-order valence-electron chi connectivity index (χ4n) is 6.36. The number of nitrogens with zero attached hydrogens (tertiary/aromatic N) is 3. The molecule has 2 N–H and O–H groups in total. The Labute approximate surface area is 208 Å². The first-order valence-electron chi connectivity index (χ1n) is 12.5. The zero-order chi connectivity index (χ0) is 25.1. The average Bonchev–Trinajstić information content (AvgIpc) is 3.23. The predicted molar refractivity (Wildman–Crippen MR) is 133 cm³/mol. The van der Waals surface area contributed by atoms with Gasteiger partial charge in [0.2, 0.25) is 0 Å². The number of aromatic amines is 1. The van der Waals surface area contributed by atoms with Gasteiger partial charge in [-0.2, -0.15) is 10.4 Å². The lowest BCUT2D eigenvalue weighted by Crippen LogP contribution is -2.54. The molecule has 5 heterocycles. The number of anilines is 2. The van der Waals surface area contributed by atoms with Crippen molar-refractivity contribution in [3.05, 3.63) is 52.4 Å². The van der Waals surface area contributed by atoms with Crippen LogP contribution in [-0.4, -0.2) is 33.9 Å². The Morgan fingerprint density at radius 2 is 2.00 bits per heavy atom. The van der Waals surface area contributed by atoms with Crippen molar-refractivity contribution in [1.29, 1.82) is 5.26 Å². The Hall–Kier alpha value is -3.64. The molecule has 1 saturated carbocycles. The number of carbonyl (C=O) groups is 1. The van der Waals surface area contributed by atoms with Crippen LogP contribution in [-0.2, 0) is 19.9 Å². The zero-order valence-electron chi connectivity index (χ0n) is 20.4. The van der Waals surface area contributed by atoms with E-state index >= 15 is 0 Å². The summed E-state index contributed by atoms with van der Waals surface area (Å²) in [6.07, 6.45) is 4.69. The van der Waals surface area contributed by atoms with Crippen molar-refractivity contribution < 1.29 is 14.3 Å². The van der Waals surface area contributed by atoms with E-state index < -0.39 is 5.60 Å². The molecule has 9 nitrogen and oxygen atoms in total. The largest absolute Gasteiger partial charge is 0.454 e. The van der Waals surface area contributed by atoms with E-state index in [4.69, 9.17) is 14.6 Å². The summed E-state index contributed by atoms with van der Waals surface area (Å²) in [6, 6.07) is 11.7. The quantitative estimate of drug-likeness (QED) is 0.530. The molecule has 0 spiro atoms. The highest BCUT2D eigenvalue weighted by Crippen LogP contribution is 2.56. The summed E-state index contributed by atoms with van der Waals surface area (Å²) in [6.45, 7) is 5.21. The monoisotopic (exact) mass is 487 g/mol. The molecule has 2 bridgehead atoms. The van der Waals surface area contributed by atoms with Gasteiger partial charge in [-0.25, -0.2) is 0 Å². The van der Waals surface area contributed by atoms with E-state index in [1.165, 1.54) is 0 Å². The van der Waals surface area contributed by atoms with Gasteiger partial charge in [0.15, 0.2) is 5.82 Å². The Morgan fingerprint density at radius 3 is 2.72 bits per heavy atom. The zero-order valence-corrected chi connectivity index (χ0v) is 20.4. The van der Waals surface area contributed by atoms with Crippen LogP contribution in [0.4, 0.5) is 11.5 Å². The first-order valence-corrected chi connectivity index (χ1v) is 12.5. The molecule has 2 aromatic heterocycles. The number of carbonyl (C=O) groups excluding carboxylic acids is 1. The number of aromatic nitrogens is 3. The molecule has 36 heavy (non-hydrogen) atoms. The van der Waals surface area contributed by atoms with Crippen LogP contribution < -0.4 is 10.9 Å². The number of hydrogen-bond donors (Lipinski definition) is 2. The van der Waals surface area contributed by atoms with Crippen molar-refractivity contribution in [2.45, 2.75) is 51.2 Å². The molecule has 7 rings (SSSR count). The molecule has 3 saturated heterocycles. The predicted octanol–water partition coefficient (Wildman–Crippen LogP) is 4.15. The lowest BCUT2D eigenvalue weighted by atomic mass is 9.59. The fourth-order valence-corrected chi connectivity index (χ4v) is 6.36. The van der Waals surface area contributed by atoms with Crippen molar-refractivity contribution in [2.24, 2.45) is 17.3 Å². The molecule has 2 unspecified atom stereocenters. The third-order valence-electron chi connectivity index (χ3n) is 8.21. The van der Waals surface area contributed by atoms with Gasteiger partial charge in [-0.15, -0.1) is 0 Å². The highest BCUT2D eigenvalue weighted by molar-refractivity contribution is 5.91. The van der Waals surface area contributed by atoms with Crippen molar-refractivity contribution in [2.75, 3.05) is 18.5 Å². The van der Waals surface area contributed by atoms with Gasteiger partial charge in [0.05, 0.1) is 36.1 Å². The second-order valence-corrected chi connectivity index (χ2v) is 10.9. The van der Waals surface area contributed by atoms with Gasteiger partial charge in [-0.3, -0.25) is 14.3 Å². The number of ether oxygens (including phenoxy) is 2. The van der Waals surface area contributed by atoms with E-state index in [9.17, 15) is 14.9 Å². The number of nitrogens with one attached hydrogen (secondary N) is 2. The van der Waals surface area contributed by atoms with E-state index in [2.05, 4.69) is 30.2 Å². The smallest absolute Gasteiger partial charge is 0.310 e. The molecule has 0 amide bonds. The number of H-pyrrole nitrogens is 1. The van der Waals surface area contributed by atoms with Gasteiger partial charge in [0.1, 0.15) is 11.0 Å². The normalized spacial score (nSPS) is 29.0. The molecule has 0 radical (unpaired) electrons. The van der Waals surface area contributed by atoms with Crippen molar-refractivity contribution in [1.82, 2.24) is 14.8 Å². The van der Waals surface area contributed by atoms with Crippen LogP contribution in [0.1, 0.15) is 51.1 Å². The topological polar surface area (TPSA) is 122 Å². The number of hydrogen-bond acceptors (Lipinski definition) is 7. The Bertz CT molecular complexity index is 1430. The molecule has 3 aliphatic heterocycles. The van der Waals surface area contributed by atoms with Gasteiger partial charge >= 0.3 is 5.97 Å². The van der Waals surface area contributed by atoms with E-state index in [0.29, 0.717) is 36.4 Å². The van der Waals surface area contributed by atoms with Crippen LogP contribution in [0, 0.1) is 28.6 Å². The van der Waals surface area contributed by atoms with Gasteiger partial charge in [0, 0.05) is 18.5 Å². The molecule has 1 aromatic carbocycles. The van der Waals surface area contributed by atoms with E-state index in [0.717, 1.165) is 30.5 Å². The molecular weight excluding hydrogens is 458 g/mol. The molecule has 3 aromatic rings. The maximum Gasteiger partial charge on any atom is 0.310 e. The van der Waals surface area contributed by atoms with Crippen LogP contribution in [0.5, 0.6) is 0 Å². The molecule has 9 heteroatoms. The van der Waals surface area contributed by atoms with Crippen LogP contribution >= 0.6 is 0 Å². The Balaban J connectivity index is 1.33. The fraction of sp³-hybridized carbons (Fsp3) is 0.481. The Kier molecular flexibility index (Phi) is 5.20. The summed E-state index contributed by atoms with van der Waals surface area (Å²) in [7, 11) is 0. The van der Waals surface area contributed by atoms with E-state index in [-0.39, 0.29) is 34.8 Å². The van der Waals surface area contributed by atoms with E-state index in [1.807, 2.05) is 24.3 Å². The summed E-state index contributed by atoms with van der Waals surface area (Å²) < 4.78 is 13.3. The summed E-state index contributed by atoms with van der Waals surface area (Å²) in [5.74, 6) is 0.0473. The molecule has 4 fully saturated rings. The number of benzene rings is 1. The first-order chi connectivity index (χ1) is 17.3. The second-order valence-electron chi connectivity index (χ2n) is 10.9. The first kappa shape index (κ1) is 22.8. The average molecular weight is 488 g/mol. The van der Waals surface area contributed by atoms with Gasteiger partial charge in [0.25, 0.3) is 5.56 Å². The minimum absolute atomic E-state index is 0.0306. The molecular formula is C27H29N5O4. The molecule has 1 aliphatic carbocycles. The Morgan fingerprint density at radius 1 is 1.19 bits per heavy atom. The third kappa shape index (κ3) is 3.51. The summed E-state index contributed by atoms with van der Waals surface area (Å²) in [5, 5.41) is 18.1. The lowest BCUT2D eigenvalue weighted by molar-refractivity contribution is -0.209. The van der Waals surface area contributed by atoms with Gasteiger partial charge in [-0.05, 0) is 54.9 Å². The summed E-state index contributed by atoms with van der Waals surface area (Å²) in [5.41, 5.74) is 1.46. The third-order valence-corrected chi connectivity index (χ3v) is 8.21. The van der Waals surface area contributed by atoms with Crippen molar-refractivity contribution in [3.63, 3.8) is 0 Å². The summed E-state index contributed by atoms with van der Waals surface area (Å²) in [4.78, 5) is 28.1.